The number of amides is 1. The van der Waals surface area contributed by atoms with Gasteiger partial charge < -0.3 is 15.5 Å². The number of furan rings is 1. The zero-order valence-electron chi connectivity index (χ0n) is 13.1. The molecule has 4 N–H and O–H groups in total. The minimum atomic E-state index is -3.29. The van der Waals surface area contributed by atoms with Crippen LogP contribution in [-0.2, 0) is 16.6 Å². The van der Waals surface area contributed by atoms with E-state index in [1.54, 1.807) is 12.1 Å². The molecule has 23 heavy (non-hydrogen) atoms. The number of rotatable bonds is 6. The Balaban J connectivity index is 0.00000264. The van der Waals surface area contributed by atoms with Crippen molar-refractivity contribution >= 4 is 28.3 Å². The maximum Gasteiger partial charge on any atom is 0.287 e. The van der Waals surface area contributed by atoms with Crippen molar-refractivity contribution in [2.24, 2.45) is 11.7 Å². The summed E-state index contributed by atoms with van der Waals surface area (Å²) < 4.78 is 29.8. The molecule has 2 rings (SSSR count). The molecule has 0 aromatic carbocycles. The Labute approximate surface area is 142 Å². The van der Waals surface area contributed by atoms with Crippen LogP contribution in [0.3, 0.4) is 0 Å². The predicted molar refractivity (Wildman–Crippen MR) is 89.9 cm³/mol. The van der Waals surface area contributed by atoms with E-state index in [2.05, 4.69) is 10.0 Å². The molecule has 0 saturated heterocycles. The second-order valence-electron chi connectivity index (χ2n) is 5.72. The highest BCUT2D eigenvalue weighted by Gasteiger charge is 2.26. The van der Waals surface area contributed by atoms with Crippen molar-refractivity contribution in [3.05, 3.63) is 23.7 Å². The number of carbonyl (C=O) groups excluding carboxylic acids is 1. The van der Waals surface area contributed by atoms with Crippen molar-refractivity contribution in [2.75, 3.05) is 12.8 Å². The fourth-order valence-corrected chi connectivity index (χ4v) is 3.12. The molecule has 0 bridgehead atoms. The van der Waals surface area contributed by atoms with Gasteiger partial charge in [0.25, 0.3) is 5.91 Å². The first-order valence-electron chi connectivity index (χ1n) is 7.43. The van der Waals surface area contributed by atoms with Crippen molar-refractivity contribution in [1.82, 2.24) is 10.0 Å². The first kappa shape index (κ1) is 20.0. The second-order valence-corrected chi connectivity index (χ2v) is 7.55. The fourth-order valence-electron chi connectivity index (χ4n) is 2.72. The molecule has 2 atom stereocenters. The molecule has 0 aliphatic heterocycles. The van der Waals surface area contributed by atoms with E-state index < -0.39 is 10.0 Å². The largest absolute Gasteiger partial charge is 0.455 e. The molecular formula is C14H24ClN3O4S. The molecule has 1 aliphatic carbocycles. The van der Waals surface area contributed by atoms with Gasteiger partial charge in [-0.2, -0.15) is 0 Å². The van der Waals surface area contributed by atoms with Crippen LogP contribution < -0.4 is 15.8 Å². The molecule has 0 radical (unpaired) electrons. The quantitative estimate of drug-likeness (QED) is 0.695. The number of halogens is 1. The minimum absolute atomic E-state index is 0. The normalized spacial score (nSPS) is 21.5. The van der Waals surface area contributed by atoms with Gasteiger partial charge in [-0.25, -0.2) is 13.1 Å². The molecule has 1 saturated carbocycles. The molecule has 7 nitrogen and oxygen atoms in total. The fraction of sp³-hybridized carbons (Fsp3) is 0.643. The van der Waals surface area contributed by atoms with E-state index in [4.69, 9.17) is 10.2 Å². The summed E-state index contributed by atoms with van der Waals surface area (Å²) in [6, 6.07) is 3.22. The average molecular weight is 366 g/mol. The lowest BCUT2D eigenvalue weighted by atomic mass is 9.84. The SMILES string of the molecule is CS(=O)(=O)NCc1ccc(C(=O)NC2CCCCC2CN)o1.Cl. The van der Waals surface area contributed by atoms with Crippen LogP contribution in [-0.4, -0.2) is 33.2 Å². The average Bonchev–Trinajstić information content (AvgIpc) is 2.94. The lowest BCUT2D eigenvalue weighted by molar-refractivity contribution is 0.0878. The maximum absolute atomic E-state index is 12.2. The second kappa shape index (κ2) is 8.68. The smallest absolute Gasteiger partial charge is 0.287 e. The monoisotopic (exact) mass is 365 g/mol. The third-order valence-electron chi connectivity index (χ3n) is 3.92. The van der Waals surface area contributed by atoms with Gasteiger partial charge in [0.2, 0.25) is 10.0 Å². The third-order valence-corrected chi connectivity index (χ3v) is 4.59. The summed E-state index contributed by atoms with van der Waals surface area (Å²) in [7, 11) is -3.29. The highest BCUT2D eigenvalue weighted by Crippen LogP contribution is 2.24. The summed E-state index contributed by atoms with van der Waals surface area (Å²) in [4.78, 5) is 12.2. The van der Waals surface area contributed by atoms with E-state index in [0.29, 0.717) is 18.2 Å². The molecule has 1 aliphatic rings. The summed E-state index contributed by atoms with van der Waals surface area (Å²) in [5, 5.41) is 2.97. The van der Waals surface area contributed by atoms with E-state index in [9.17, 15) is 13.2 Å². The van der Waals surface area contributed by atoms with E-state index in [1.807, 2.05) is 0 Å². The van der Waals surface area contributed by atoms with Crippen LogP contribution in [0.4, 0.5) is 0 Å². The summed E-state index contributed by atoms with van der Waals surface area (Å²) in [6.45, 7) is 0.591. The first-order valence-corrected chi connectivity index (χ1v) is 9.32. The lowest BCUT2D eigenvalue weighted by Crippen LogP contribution is -2.44. The summed E-state index contributed by atoms with van der Waals surface area (Å²) >= 11 is 0. The Hall–Kier alpha value is -1.09. The van der Waals surface area contributed by atoms with Crippen LogP contribution in [0, 0.1) is 5.92 Å². The van der Waals surface area contributed by atoms with Gasteiger partial charge in [0.05, 0.1) is 12.8 Å². The Morgan fingerprint density at radius 1 is 1.35 bits per heavy atom. The van der Waals surface area contributed by atoms with Gasteiger partial charge in [0, 0.05) is 6.04 Å². The van der Waals surface area contributed by atoms with Crippen molar-refractivity contribution in [3.8, 4) is 0 Å². The van der Waals surface area contributed by atoms with Gasteiger partial charge in [-0.3, -0.25) is 4.79 Å². The Morgan fingerprint density at radius 2 is 2.04 bits per heavy atom. The van der Waals surface area contributed by atoms with E-state index in [-0.39, 0.29) is 36.7 Å². The zero-order chi connectivity index (χ0) is 16.2. The van der Waals surface area contributed by atoms with Gasteiger partial charge in [-0.15, -0.1) is 12.4 Å². The van der Waals surface area contributed by atoms with Gasteiger partial charge in [0.1, 0.15) is 5.76 Å². The van der Waals surface area contributed by atoms with Gasteiger partial charge in [-0.05, 0) is 37.4 Å². The van der Waals surface area contributed by atoms with Crippen molar-refractivity contribution in [3.63, 3.8) is 0 Å². The van der Waals surface area contributed by atoms with Crippen LogP contribution in [0.15, 0.2) is 16.5 Å². The molecule has 1 aromatic heterocycles. The van der Waals surface area contributed by atoms with Crippen LogP contribution in [0.5, 0.6) is 0 Å². The van der Waals surface area contributed by atoms with E-state index in [1.165, 1.54) is 0 Å². The van der Waals surface area contributed by atoms with Crippen LogP contribution >= 0.6 is 12.4 Å². The molecule has 1 fully saturated rings. The van der Waals surface area contributed by atoms with E-state index in [0.717, 1.165) is 31.9 Å². The third kappa shape index (κ3) is 6.14. The van der Waals surface area contributed by atoms with E-state index >= 15 is 0 Å². The molecule has 1 heterocycles. The summed E-state index contributed by atoms with van der Waals surface area (Å²) in [5.41, 5.74) is 5.75. The van der Waals surface area contributed by atoms with Gasteiger partial charge in [0.15, 0.2) is 5.76 Å². The molecule has 0 spiro atoms. The molecular weight excluding hydrogens is 342 g/mol. The number of hydrogen-bond donors (Lipinski definition) is 3. The number of sulfonamides is 1. The minimum Gasteiger partial charge on any atom is -0.455 e. The van der Waals surface area contributed by atoms with Crippen LogP contribution in [0.2, 0.25) is 0 Å². The Morgan fingerprint density at radius 3 is 2.70 bits per heavy atom. The van der Waals surface area contributed by atoms with Crippen molar-refractivity contribution < 1.29 is 17.6 Å². The van der Waals surface area contributed by atoms with Crippen LogP contribution in [0.25, 0.3) is 0 Å². The first-order chi connectivity index (χ1) is 10.4. The predicted octanol–water partition coefficient (Wildman–Crippen LogP) is 0.998. The highest BCUT2D eigenvalue weighted by molar-refractivity contribution is 7.88. The van der Waals surface area contributed by atoms with Gasteiger partial charge >= 0.3 is 0 Å². The lowest BCUT2D eigenvalue weighted by Gasteiger charge is -2.30. The molecule has 2 unspecified atom stereocenters. The molecule has 1 amide bonds. The van der Waals surface area contributed by atoms with Crippen molar-refractivity contribution in [1.29, 1.82) is 0 Å². The summed E-state index contributed by atoms with van der Waals surface area (Å²) in [6.07, 6.45) is 5.26. The Bertz CT molecular complexity index is 617. The molecule has 1 aromatic rings. The number of carbonyl (C=O) groups is 1. The summed E-state index contributed by atoms with van der Waals surface area (Å²) in [5.74, 6) is 0.608. The van der Waals surface area contributed by atoms with Gasteiger partial charge in [-0.1, -0.05) is 12.8 Å². The number of nitrogens with one attached hydrogen (secondary N) is 2. The Kier molecular flexibility index (Phi) is 7.53. The van der Waals surface area contributed by atoms with Crippen LogP contribution in [0.1, 0.15) is 42.0 Å². The standard InChI is InChI=1S/C14H23N3O4S.ClH/c1-22(19,20)16-9-11-6-7-13(21-11)14(18)17-12-5-3-2-4-10(12)8-15;/h6-7,10,12,16H,2-5,8-9,15H2,1H3,(H,17,18);1H. The molecule has 132 valence electrons. The number of nitrogens with two attached hydrogens (primary N) is 1. The highest BCUT2D eigenvalue weighted by atomic mass is 35.5. The maximum atomic E-state index is 12.2. The number of hydrogen-bond acceptors (Lipinski definition) is 5. The topological polar surface area (TPSA) is 114 Å². The van der Waals surface area contributed by atoms with Crippen molar-refractivity contribution in [2.45, 2.75) is 38.3 Å². The molecule has 9 heteroatoms. The zero-order valence-corrected chi connectivity index (χ0v) is 14.7.